The summed E-state index contributed by atoms with van der Waals surface area (Å²) < 4.78 is 16.9. The number of methoxy groups -OCH3 is 1. The summed E-state index contributed by atoms with van der Waals surface area (Å²) in [6.45, 7) is 6.45. The lowest BCUT2D eigenvalue weighted by molar-refractivity contribution is 0.0693. The van der Waals surface area contributed by atoms with Gasteiger partial charge in [0.25, 0.3) is 0 Å². The Morgan fingerprint density at radius 1 is 0.967 bits per heavy atom. The number of rotatable bonds is 8. The average molecular weight is 407 g/mol. The lowest BCUT2D eigenvalue weighted by Crippen LogP contribution is -2.09. The van der Waals surface area contributed by atoms with E-state index in [0.29, 0.717) is 35.2 Å². The molecule has 0 spiro atoms. The van der Waals surface area contributed by atoms with Crippen molar-refractivity contribution < 1.29 is 24.1 Å². The van der Waals surface area contributed by atoms with Crippen LogP contribution in [0.15, 0.2) is 48.5 Å². The summed E-state index contributed by atoms with van der Waals surface area (Å²) in [4.78, 5) is 16.3. The number of hydrogen-bond acceptors (Lipinski definition) is 5. The van der Waals surface area contributed by atoms with E-state index >= 15 is 0 Å². The Morgan fingerprint density at radius 2 is 1.73 bits per heavy atom. The first-order valence-corrected chi connectivity index (χ1v) is 9.67. The fraction of sp³-hybridized carbons (Fsp3) is 0.250. The van der Waals surface area contributed by atoms with Crippen LogP contribution in [0.5, 0.6) is 17.2 Å². The number of ether oxygens (including phenoxy) is 3. The standard InChI is InChI=1S/C24H25NO5/c1-5-29-23-13-17(28-4)8-9-19(23)21-11-10-20(24(26)27)22(25-21)14-30-18-7-6-15(2)16(3)12-18/h6-13H,5,14H2,1-4H3,(H,26,27). The summed E-state index contributed by atoms with van der Waals surface area (Å²) in [7, 11) is 1.59. The quantitative estimate of drug-likeness (QED) is 0.563. The Kier molecular flexibility index (Phi) is 6.57. The van der Waals surface area contributed by atoms with Gasteiger partial charge in [0.05, 0.1) is 30.7 Å². The van der Waals surface area contributed by atoms with Crippen molar-refractivity contribution in [2.45, 2.75) is 27.4 Å². The van der Waals surface area contributed by atoms with E-state index in [0.717, 1.165) is 16.7 Å². The highest BCUT2D eigenvalue weighted by Gasteiger charge is 2.16. The average Bonchev–Trinajstić information content (AvgIpc) is 2.74. The van der Waals surface area contributed by atoms with Crippen LogP contribution in [-0.4, -0.2) is 29.8 Å². The molecule has 0 radical (unpaired) electrons. The van der Waals surface area contributed by atoms with Crippen LogP contribution in [0.4, 0.5) is 0 Å². The van der Waals surface area contributed by atoms with E-state index in [-0.39, 0.29) is 12.2 Å². The fourth-order valence-corrected chi connectivity index (χ4v) is 3.03. The maximum atomic E-state index is 11.7. The maximum Gasteiger partial charge on any atom is 0.337 e. The Morgan fingerprint density at radius 3 is 2.40 bits per heavy atom. The number of aromatic carboxylic acids is 1. The van der Waals surface area contributed by atoms with Crippen LogP contribution < -0.4 is 14.2 Å². The van der Waals surface area contributed by atoms with Crippen molar-refractivity contribution in [2.24, 2.45) is 0 Å². The van der Waals surface area contributed by atoms with Gasteiger partial charge in [0.1, 0.15) is 23.9 Å². The molecule has 2 aromatic carbocycles. The second-order valence-electron chi connectivity index (χ2n) is 6.83. The van der Waals surface area contributed by atoms with Gasteiger partial charge in [-0.05, 0) is 68.3 Å². The molecule has 1 heterocycles. The predicted molar refractivity (Wildman–Crippen MR) is 115 cm³/mol. The third-order valence-corrected chi connectivity index (χ3v) is 4.82. The minimum Gasteiger partial charge on any atom is -0.497 e. The monoisotopic (exact) mass is 407 g/mol. The Bertz CT molecular complexity index is 1060. The van der Waals surface area contributed by atoms with Crippen LogP contribution in [0.2, 0.25) is 0 Å². The van der Waals surface area contributed by atoms with Crippen molar-refractivity contribution in [3.05, 3.63) is 70.9 Å². The van der Waals surface area contributed by atoms with Crippen molar-refractivity contribution in [3.8, 4) is 28.5 Å². The van der Waals surface area contributed by atoms with E-state index in [2.05, 4.69) is 4.98 Å². The third kappa shape index (κ3) is 4.71. The van der Waals surface area contributed by atoms with E-state index in [1.54, 1.807) is 25.3 Å². The van der Waals surface area contributed by atoms with Gasteiger partial charge in [0, 0.05) is 11.6 Å². The van der Waals surface area contributed by atoms with E-state index < -0.39 is 5.97 Å². The van der Waals surface area contributed by atoms with Crippen molar-refractivity contribution >= 4 is 5.97 Å². The van der Waals surface area contributed by atoms with Gasteiger partial charge < -0.3 is 19.3 Å². The van der Waals surface area contributed by atoms with E-state index in [9.17, 15) is 9.90 Å². The highest BCUT2D eigenvalue weighted by molar-refractivity contribution is 5.89. The summed E-state index contributed by atoms with van der Waals surface area (Å²) in [5, 5.41) is 9.58. The van der Waals surface area contributed by atoms with Gasteiger partial charge >= 0.3 is 5.97 Å². The topological polar surface area (TPSA) is 77.9 Å². The zero-order valence-corrected chi connectivity index (χ0v) is 17.6. The molecular formula is C24H25NO5. The number of aryl methyl sites for hydroxylation is 2. The molecule has 0 amide bonds. The molecular weight excluding hydrogens is 382 g/mol. The second-order valence-corrected chi connectivity index (χ2v) is 6.83. The molecule has 1 N–H and O–H groups in total. The summed E-state index contributed by atoms with van der Waals surface area (Å²) in [5.74, 6) is 0.907. The summed E-state index contributed by atoms with van der Waals surface area (Å²) in [6.07, 6.45) is 0. The van der Waals surface area contributed by atoms with E-state index in [1.165, 1.54) is 0 Å². The lowest BCUT2D eigenvalue weighted by Gasteiger charge is -2.14. The number of carboxylic acid groups (broad SMARTS) is 1. The molecule has 0 aliphatic rings. The summed E-state index contributed by atoms with van der Waals surface area (Å²) >= 11 is 0. The molecule has 156 valence electrons. The first kappa shape index (κ1) is 21.2. The molecule has 0 unspecified atom stereocenters. The van der Waals surface area contributed by atoms with Crippen LogP contribution in [-0.2, 0) is 6.61 Å². The van der Waals surface area contributed by atoms with Crippen LogP contribution >= 0.6 is 0 Å². The molecule has 0 saturated carbocycles. The number of benzene rings is 2. The van der Waals surface area contributed by atoms with Gasteiger partial charge in [-0.25, -0.2) is 9.78 Å². The molecule has 1 aromatic heterocycles. The van der Waals surface area contributed by atoms with E-state index in [1.807, 2.05) is 51.1 Å². The number of carbonyl (C=O) groups is 1. The Balaban J connectivity index is 1.96. The molecule has 0 bridgehead atoms. The van der Waals surface area contributed by atoms with Gasteiger partial charge in [-0.15, -0.1) is 0 Å². The largest absolute Gasteiger partial charge is 0.497 e. The number of nitrogens with zero attached hydrogens (tertiary/aromatic N) is 1. The zero-order chi connectivity index (χ0) is 21.7. The Hall–Kier alpha value is -3.54. The highest BCUT2D eigenvalue weighted by atomic mass is 16.5. The number of carboxylic acids is 1. The molecule has 0 fully saturated rings. The molecule has 0 aliphatic carbocycles. The second kappa shape index (κ2) is 9.31. The highest BCUT2D eigenvalue weighted by Crippen LogP contribution is 2.33. The van der Waals surface area contributed by atoms with Gasteiger partial charge in [0.15, 0.2) is 0 Å². The number of hydrogen-bond donors (Lipinski definition) is 1. The third-order valence-electron chi connectivity index (χ3n) is 4.82. The minimum absolute atomic E-state index is 0.0398. The van der Waals surface area contributed by atoms with Gasteiger partial charge in [-0.2, -0.15) is 0 Å². The molecule has 0 atom stereocenters. The molecule has 3 rings (SSSR count). The lowest BCUT2D eigenvalue weighted by atomic mass is 10.1. The number of aromatic nitrogens is 1. The normalized spacial score (nSPS) is 10.5. The SMILES string of the molecule is CCOc1cc(OC)ccc1-c1ccc(C(=O)O)c(COc2ccc(C)c(C)c2)n1. The van der Waals surface area contributed by atoms with Crippen LogP contribution in [0.3, 0.4) is 0 Å². The molecule has 3 aromatic rings. The first-order valence-electron chi connectivity index (χ1n) is 9.67. The summed E-state index contributed by atoms with van der Waals surface area (Å²) in [6, 6.07) is 14.4. The summed E-state index contributed by atoms with van der Waals surface area (Å²) in [5.41, 5.74) is 4.07. The maximum absolute atomic E-state index is 11.7. The molecule has 0 aliphatic heterocycles. The first-order chi connectivity index (χ1) is 14.4. The van der Waals surface area contributed by atoms with Crippen LogP contribution in [0.1, 0.15) is 34.1 Å². The van der Waals surface area contributed by atoms with Crippen LogP contribution in [0, 0.1) is 13.8 Å². The molecule has 30 heavy (non-hydrogen) atoms. The Labute approximate surface area is 176 Å². The predicted octanol–water partition coefficient (Wildman–Crippen LogP) is 5.05. The molecule has 0 saturated heterocycles. The minimum atomic E-state index is -1.05. The van der Waals surface area contributed by atoms with Gasteiger partial charge in [-0.1, -0.05) is 6.07 Å². The van der Waals surface area contributed by atoms with Crippen molar-refractivity contribution in [2.75, 3.05) is 13.7 Å². The van der Waals surface area contributed by atoms with Crippen molar-refractivity contribution in [1.29, 1.82) is 0 Å². The van der Waals surface area contributed by atoms with E-state index in [4.69, 9.17) is 14.2 Å². The van der Waals surface area contributed by atoms with Crippen molar-refractivity contribution in [1.82, 2.24) is 4.98 Å². The zero-order valence-electron chi connectivity index (χ0n) is 17.6. The number of pyridine rings is 1. The van der Waals surface area contributed by atoms with Crippen LogP contribution in [0.25, 0.3) is 11.3 Å². The molecule has 6 nitrogen and oxygen atoms in total. The smallest absolute Gasteiger partial charge is 0.337 e. The van der Waals surface area contributed by atoms with Gasteiger partial charge in [0.2, 0.25) is 0 Å². The fourth-order valence-electron chi connectivity index (χ4n) is 3.03. The van der Waals surface area contributed by atoms with Crippen molar-refractivity contribution in [3.63, 3.8) is 0 Å². The molecule has 6 heteroatoms. The van der Waals surface area contributed by atoms with Gasteiger partial charge in [-0.3, -0.25) is 0 Å².